The van der Waals surface area contributed by atoms with Crippen LogP contribution in [-0.4, -0.2) is 39.2 Å². The van der Waals surface area contributed by atoms with Gasteiger partial charge in [-0.25, -0.2) is 4.98 Å². The quantitative estimate of drug-likeness (QED) is 0.278. The minimum absolute atomic E-state index is 0.102. The number of carbonyl (C=O) groups excluding carboxylic acids is 1. The lowest BCUT2D eigenvalue weighted by atomic mass is 10.2. The summed E-state index contributed by atoms with van der Waals surface area (Å²) >= 11 is 2.87. The van der Waals surface area contributed by atoms with Crippen molar-refractivity contribution in [3.05, 3.63) is 77.1 Å². The molecule has 1 aliphatic rings. The number of rotatable bonds is 5. The number of likely N-dealkylation sites (tertiary alicyclic amines) is 1. The van der Waals surface area contributed by atoms with Gasteiger partial charge in [-0.05, 0) is 36.6 Å². The largest absolute Gasteiger partial charge is 0.342 e. The van der Waals surface area contributed by atoms with E-state index in [1.807, 2.05) is 71.6 Å². The first-order valence-electron chi connectivity index (χ1n) is 11.3. The van der Waals surface area contributed by atoms with Gasteiger partial charge in [0.15, 0.2) is 5.16 Å². The standard InChI is InChI=1S/C26H25N3O2S2/c30-23(28-15-9-1-2-10-16-28)18-32-26-27-24-21(17-22(33-24)19-11-5-3-6-12-19)25(31)29(26)20-13-7-4-8-14-20/h3-8,11-14,17H,1-2,9-10,15-16,18H2. The SMILES string of the molecule is O=C(CSc1nc2sc(-c3ccccc3)cc2c(=O)n1-c1ccccc1)N1CCCCCC1. The van der Waals surface area contributed by atoms with Crippen molar-refractivity contribution in [3.63, 3.8) is 0 Å². The highest BCUT2D eigenvalue weighted by atomic mass is 32.2. The molecule has 0 N–H and O–H groups in total. The summed E-state index contributed by atoms with van der Waals surface area (Å²) in [4.78, 5) is 35.1. The van der Waals surface area contributed by atoms with Crippen molar-refractivity contribution in [3.8, 4) is 16.1 Å². The zero-order valence-electron chi connectivity index (χ0n) is 18.3. The van der Waals surface area contributed by atoms with E-state index in [1.54, 1.807) is 4.57 Å². The van der Waals surface area contributed by atoms with Crippen LogP contribution in [0.4, 0.5) is 0 Å². The number of para-hydroxylation sites is 1. The summed E-state index contributed by atoms with van der Waals surface area (Å²) in [7, 11) is 0. The highest BCUT2D eigenvalue weighted by Crippen LogP contribution is 2.32. The van der Waals surface area contributed by atoms with E-state index in [9.17, 15) is 9.59 Å². The molecule has 0 atom stereocenters. The predicted molar refractivity (Wildman–Crippen MR) is 136 cm³/mol. The van der Waals surface area contributed by atoms with Crippen LogP contribution >= 0.6 is 23.1 Å². The first-order chi connectivity index (χ1) is 16.2. The molecule has 5 rings (SSSR count). The van der Waals surface area contributed by atoms with Gasteiger partial charge in [0, 0.05) is 18.0 Å². The molecule has 2 aromatic heterocycles. The van der Waals surface area contributed by atoms with Gasteiger partial charge in [-0.2, -0.15) is 0 Å². The third kappa shape index (κ3) is 4.75. The van der Waals surface area contributed by atoms with E-state index < -0.39 is 0 Å². The molecule has 2 aromatic carbocycles. The fourth-order valence-corrected chi connectivity index (χ4v) is 6.14. The summed E-state index contributed by atoms with van der Waals surface area (Å²) in [5, 5.41) is 1.16. The number of thiophene rings is 1. The molecule has 0 spiro atoms. The Hall–Kier alpha value is -2.90. The molecule has 1 fully saturated rings. The molecule has 0 bridgehead atoms. The number of carbonyl (C=O) groups is 1. The maximum atomic E-state index is 13.6. The third-order valence-electron chi connectivity index (χ3n) is 5.89. The van der Waals surface area contributed by atoms with Crippen LogP contribution in [0.2, 0.25) is 0 Å². The van der Waals surface area contributed by atoms with Gasteiger partial charge in [-0.3, -0.25) is 14.2 Å². The van der Waals surface area contributed by atoms with E-state index in [0.29, 0.717) is 15.4 Å². The molecule has 1 aliphatic heterocycles. The summed E-state index contributed by atoms with van der Waals surface area (Å²) in [6.07, 6.45) is 4.50. The van der Waals surface area contributed by atoms with E-state index in [1.165, 1.54) is 35.9 Å². The normalized spacial score (nSPS) is 14.4. The second-order valence-corrected chi connectivity index (χ2v) is 10.1. The van der Waals surface area contributed by atoms with Gasteiger partial charge in [0.25, 0.3) is 5.56 Å². The molecule has 7 heteroatoms. The van der Waals surface area contributed by atoms with Crippen LogP contribution in [-0.2, 0) is 4.79 Å². The average Bonchev–Trinajstić information content (AvgIpc) is 3.10. The first-order valence-corrected chi connectivity index (χ1v) is 13.1. The van der Waals surface area contributed by atoms with Crippen molar-refractivity contribution in [1.29, 1.82) is 0 Å². The number of amides is 1. The molecular weight excluding hydrogens is 450 g/mol. The lowest BCUT2D eigenvalue weighted by Gasteiger charge is -2.20. The fourth-order valence-electron chi connectivity index (χ4n) is 4.15. The molecule has 1 amide bonds. The Morgan fingerprint density at radius 2 is 1.61 bits per heavy atom. The zero-order chi connectivity index (χ0) is 22.6. The van der Waals surface area contributed by atoms with Crippen molar-refractivity contribution in [2.24, 2.45) is 0 Å². The van der Waals surface area contributed by atoms with Gasteiger partial charge in [-0.1, -0.05) is 73.1 Å². The molecule has 168 valence electrons. The van der Waals surface area contributed by atoms with E-state index in [2.05, 4.69) is 0 Å². The number of aromatic nitrogens is 2. The minimum atomic E-state index is -0.102. The van der Waals surface area contributed by atoms with Gasteiger partial charge in [-0.15, -0.1) is 11.3 Å². The van der Waals surface area contributed by atoms with Crippen LogP contribution in [0.25, 0.3) is 26.3 Å². The van der Waals surface area contributed by atoms with Gasteiger partial charge < -0.3 is 4.90 Å². The maximum absolute atomic E-state index is 13.6. The Balaban J connectivity index is 1.53. The van der Waals surface area contributed by atoms with E-state index in [-0.39, 0.29) is 17.2 Å². The molecule has 0 saturated carbocycles. The molecule has 0 aliphatic carbocycles. The van der Waals surface area contributed by atoms with Crippen LogP contribution < -0.4 is 5.56 Å². The Kier molecular flexibility index (Phi) is 6.60. The van der Waals surface area contributed by atoms with Crippen LogP contribution in [0.15, 0.2) is 76.7 Å². The smallest absolute Gasteiger partial charge is 0.267 e. The highest BCUT2D eigenvalue weighted by Gasteiger charge is 2.20. The number of hydrogen-bond donors (Lipinski definition) is 0. The number of nitrogens with zero attached hydrogens (tertiary/aromatic N) is 3. The molecule has 0 unspecified atom stereocenters. The summed E-state index contributed by atoms with van der Waals surface area (Å²) in [5.41, 5.74) is 1.72. The van der Waals surface area contributed by atoms with Crippen molar-refractivity contribution >= 4 is 39.2 Å². The molecule has 0 radical (unpaired) electrons. The van der Waals surface area contributed by atoms with Crippen molar-refractivity contribution in [2.75, 3.05) is 18.8 Å². The third-order valence-corrected chi connectivity index (χ3v) is 7.89. The van der Waals surface area contributed by atoms with E-state index >= 15 is 0 Å². The molecule has 3 heterocycles. The maximum Gasteiger partial charge on any atom is 0.267 e. The molecule has 4 aromatic rings. The minimum Gasteiger partial charge on any atom is -0.342 e. The predicted octanol–water partition coefficient (Wildman–Crippen LogP) is 5.61. The topological polar surface area (TPSA) is 55.2 Å². The average molecular weight is 476 g/mol. The Labute approximate surface area is 201 Å². The van der Waals surface area contributed by atoms with Gasteiger partial charge >= 0.3 is 0 Å². The Morgan fingerprint density at radius 1 is 0.939 bits per heavy atom. The lowest BCUT2D eigenvalue weighted by molar-refractivity contribution is -0.128. The summed E-state index contributed by atoms with van der Waals surface area (Å²) in [6.45, 7) is 1.64. The number of hydrogen-bond acceptors (Lipinski definition) is 5. The van der Waals surface area contributed by atoms with Crippen molar-refractivity contribution < 1.29 is 4.79 Å². The second-order valence-electron chi connectivity index (χ2n) is 8.15. The second kappa shape index (κ2) is 9.93. The fraction of sp³-hybridized carbons (Fsp3) is 0.269. The molecule has 5 nitrogen and oxygen atoms in total. The summed E-state index contributed by atoms with van der Waals surface area (Å²) < 4.78 is 1.64. The Bertz CT molecular complexity index is 1310. The monoisotopic (exact) mass is 475 g/mol. The summed E-state index contributed by atoms with van der Waals surface area (Å²) in [6, 6.07) is 21.5. The molecule has 33 heavy (non-hydrogen) atoms. The van der Waals surface area contributed by atoms with E-state index in [0.717, 1.165) is 42.1 Å². The lowest BCUT2D eigenvalue weighted by Crippen LogP contribution is -2.33. The van der Waals surface area contributed by atoms with Gasteiger partial charge in [0.1, 0.15) is 4.83 Å². The van der Waals surface area contributed by atoms with Crippen LogP contribution in [0.5, 0.6) is 0 Å². The van der Waals surface area contributed by atoms with Crippen molar-refractivity contribution in [2.45, 2.75) is 30.8 Å². The molecular formula is C26H25N3O2S2. The highest BCUT2D eigenvalue weighted by molar-refractivity contribution is 7.99. The van der Waals surface area contributed by atoms with Gasteiger partial charge in [0.05, 0.1) is 16.8 Å². The molecule has 1 saturated heterocycles. The zero-order valence-corrected chi connectivity index (χ0v) is 19.9. The van der Waals surface area contributed by atoms with Gasteiger partial charge in [0.2, 0.25) is 5.91 Å². The number of thioether (sulfide) groups is 1. The first kappa shape index (κ1) is 21.9. The number of benzene rings is 2. The van der Waals surface area contributed by atoms with Crippen molar-refractivity contribution in [1.82, 2.24) is 14.5 Å². The van der Waals surface area contributed by atoms with E-state index in [4.69, 9.17) is 4.98 Å². The van der Waals surface area contributed by atoms with Crippen LogP contribution in [0.3, 0.4) is 0 Å². The summed E-state index contributed by atoms with van der Waals surface area (Å²) in [5.74, 6) is 0.397. The number of fused-ring (bicyclic) bond motifs is 1. The van der Waals surface area contributed by atoms with Crippen LogP contribution in [0, 0.1) is 0 Å². The Morgan fingerprint density at radius 3 is 2.30 bits per heavy atom. The van der Waals surface area contributed by atoms with Crippen LogP contribution in [0.1, 0.15) is 25.7 Å².